The van der Waals surface area contributed by atoms with Crippen molar-refractivity contribution in [2.24, 2.45) is 0 Å². The van der Waals surface area contributed by atoms with Crippen molar-refractivity contribution in [2.45, 2.75) is 70.1 Å². The summed E-state index contributed by atoms with van der Waals surface area (Å²) >= 11 is 0. The molecule has 2 atom stereocenters. The summed E-state index contributed by atoms with van der Waals surface area (Å²) in [6, 6.07) is 17.3. The molecule has 0 radical (unpaired) electrons. The molecule has 0 spiro atoms. The van der Waals surface area contributed by atoms with E-state index in [1.165, 1.54) is 33.9 Å². The van der Waals surface area contributed by atoms with Crippen LogP contribution in [0.1, 0.15) is 70.4 Å². The molecule has 1 N–H and O–H groups in total. The van der Waals surface area contributed by atoms with E-state index in [2.05, 4.69) is 121 Å². The fourth-order valence-corrected chi connectivity index (χ4v) is 8.27. The largest absolute Gasteiger partial charge is 0.481 e. The van der Waals surface area contributed by atoms with Gasteiger partial charge in [-0.2, -0.15) is 4.58 Å². The Morgan fingerprint density at radius 1 is 0.619 bits per heavy atom. The van der Waals surface area contributed by atoms with Crippen LogP contribution in [-0.4, -0.2) is 141 Å². The van der Waals surface area contributed by atoms with E-state index >= 15 is 0 Å². The Morgan fingerprint density at radius 3 is 1.71 bits per heavy atom. The third-order valence-electron chi connectivity index (χ3n) is 11.7. The van der Waals surface area contributed by atoms with Crippen LogP contribution in [-0.2, 0) is 53.5 Å². The summed E-state index contributed by atoms with van der Waals surface area (Å²) in [6.45, 7) is 16.2. The van der Waals surface area contributed by atoms with Gasteiger partial charge < -0.3 is 47.9 Å². The minimum Gasteiger partial charge on any atom is -0.481 e. The number of benzene rings is 2. The van der Waals surface area contributed by atoms with Crippen LogP contribution in [0.3, 0.4) is 0 Å². The Labute approximate surface area is 377 Å². The second-order valence-corrected chi connectivity index (χ2v) is 16.0. The molecule has 0 aromatic heterocycles. The summed E-state index contributed by atoms with van der Waals surface area (Å²) in [4.78, 5) is 13.6. The first-order chi connectivity index (χ1) is 30.8. The van der Waals surface area contributed by atoms with Crippen LogP contribution in [0.5, 0.6) is 0 Å². The Kier molecular flexibility index (Phi) is 24.2. The number of unbranched alkanes of at least 4 members (excludes halogenated alkanes) is 2. The first kappa shape index (κ1) is 51.7. The van der Waals surface area contributed by atoms with Crippen LogP contribution in [0, 0.1) is 0 Å². The summed E-state index contributed by atoms with van der Waals surface area (Å²) < 4.78 is 47.0. The average molecular weight is 876 g/mol. The molecule has 2 aliphatic rings. The number of hydrogen-bond donors (Lipinski definition) is 1. The van der Waals surface area contributed by atoms with E-state index in [-0.39, 0.29) is 17.3 Å². The highest BCUT2D eigenvalue weighted by molar-refractivity contribution is 6.03. The third kappa shape index (κ3) is 16.2. The minimum absolute atomic E-state index is 0.197. The standard InChI is InChI=1S/C51H74N2O10/c1-6-52-45-21-16-14-19-43(45)50(2,26-29-58-35-37-62-41-39-60-33-31-56-4)47(52)23-11-8-7-9-12-24-48-51(3,27-30-59-36-38-63-42-40-61-34-32-57-5)44-20-15-17-22-46(44)53(48)28-18-10-13-25-49(54)55/h7-9,11-12,14-17,19-24H,6,10,13,18,25-42H2,1-5H3/p+1. The van der Waals surface area contributed by atoms with Crippen molar-refractivity contribution in [1.82, 2.24) is 0 Å². The van der Waals surface area contributed by atoms with Gasteiger partial charge in [0.2, 0.25) is 5.69 Å². The highest BCUT2D eigenvalue weighted by Crippen LogP contribution is 2.49. The molecule has 0 fully saturated rings. The van der Waals surface area contributed by atoms with Crippen LogP contribution < -0.4 is 4.90 Å². The number of nitrogens with zero attached hydrogens (tertiary/aromatic N) is 2. The zero-order valence-electron chi connectivity index (χ0n) is 38.7. The van der Waals surface area contributed by atoms with E-state index in [1.807, 2.05) is 0 Å². The molecule has 2 unspecified atom stereocenters. The number of carbonyl (C=O) groups is 1. The predicted octanol–water partition coefficient (Wildman–Crippen LogP) is 8.21. The van der Waals surface area contributed by atoms with Crippen molar-refractivity contribution in [1.29, 1.82) is 0 Å². The summed E-state index contributed by atoms with van der Waals surface area (Å²) in [7, 11) is 3.32. The highest BCUT2D eigenvalue weighted by Gasteiger charge is 2.47. The third-order valence-corrected chi connectivity index (χ3v) is 11.7. The number of rotatable bonds is 35. The molecule has 12 heteroatoms. The molecule has 2 aliphatic heterocycles. The van der Waals surface area contributed by atoms with Crippen molar-refractivity contribution in [3.63, 3.8) is 0 Å². The van der Waals surface area contributed by atoms with Crippen LogP contribution in [0.2, 0.25) is 0 Å². The monoisotopic (exact) mass is 876 g/mol. The maximum atomic E-state index is 11.2. The number of ether oxygens (including phenoxy) is 8. The van der Waals surface area contributed by atoms with Gasteiger partial charge in [0.05, 0.1) is 84.7 Å². The SMILES string of the molecule is CCN1/C(=C/C=C/C=C/C=C/C2=[N+](CCCCCC(=O)O)c3ccccc3C2(C)CCOCCOCCOCCOC)C(C)(CCOCCOCCOCCOC)c2ccccc21. The van der Waals surface area contributed by atoms with Crippen LogP contribution in [0.15, 0.2) is 96.8 Å². The van der Waals surface area contributed by atoms with E-state index in [1.54, 1.807) is 14.2 Å². The molecule has 2 heterocycles. The minimum atomic E-state index is -0.744. The van der Waals surface area contributed by atoms with Gasteiger partial charge >= 0.3 is 5.97 Å². The fourth-order valence-electron chi connectivity index (χ4n) is 8.27. The lowest BCUT2D eigenvalue weighted by atomic mass is 9.76. The van der Waals surface area contributed by atoms with Crippen LogP contribution >= 0.6 is 0 Å². The number of hydrogen-bond acceptors (Lipinski definition) is 10. The molecule has 0 aliphatic carbocycles. The Hall–Kier alpha value is -3.98. The molecule has 12 nitrogen and oxygen atoms in total. The number of methoxy groups -OCH3 is 2. The first-order valence-electron chi connectivity index (χ1n) is 22.8. The van der Waals surface area contributed by atoms with Crippen molar-refractivity contribution in [3.05, 3.63) is 108 Å². The summed E-state index contributed by atoms with van der Waals surface area (Å²) in [5.41, 5.74) is 7.03. The molecular formula is C51H75N2O10+. The number of aliphatic carboxylic acids is 1. The van der Waals surface area contributed by atoms with Gasteiger partial charge in [0, 0.05) is 81.3 Å². The van der Waals surface area contributed by atoms with Gasteiger partial charge in [-0.05, 0) is 64.2 Å². The molecule has 2 aromatic carbocycles. The number of allylic oxidation sites excluding steroid dienone is 8. The second kappa shape index (κ2) is 29.5. The molecule has 348 valence electrons. The molecule has 63 heavy (non-hydrogen) atoms. The summed E-state index contributed by atoms with van der Waals surface area (Å²) in [5.74, 6) is -0.744. The summed E-state index contributed by atoms with van der Waals surface area (Å²) in [6.07, 6.45) is 19.3. The Bertz CT molecular complexity index is 1790. The van der Waals surface area contributed by atoms with E-state index < -0.39 is 5.97 Å². The molecule has 0 bridgehead atoms. The van der Waals surface area contributed by atoms with Crippen molar-refractivity contribution in [3.8, 4) is 0 Å². The second-order valence-electron chi connectivity index (χ2n) is 16.0. The average Bonchev–Trinajstić information content (AvgIpc) is 3.67. The van der Waals surface area contributed by atoms with Crippen LogP contribution in [0.25, 0.3) is 0 Å². The number of anilines is 1. The van der Waals surface area contributed by atoms with E-state index in [9.17, 15) is 9.90 Å². The zero-order chi connectivity index (χ0) is 45.0. The first-order valence-corrected chi connectivity index (χ1v) is 22.8. The Morgan fingerprint density at radius 2 is 1.13 bits per heavy atom. The van der Waals surface area contributed by atoms with Gasteiger partial charge in [0.15, 0.2) is 5.71 Å². The van der Waals surface area contributed by atoms with Crippen molar-refractivity contribution < 1.29 is 52.4 Å². The fraction of sp³-hybridized carbons (Fsp3) is 0.569. The molecule has 0 amide bonds. The van der Waals surface area contributed by atoms with Gasteiger partial charge in [0.25, 0.3) is 0 Å². The van der Waals surface area contributed by atoms with E-state index in [4.69, 9.17) is 37.9 Å². The van der Waals surface area contributed by atoms with Crippen molar-refractivity contribution in [2.75, 3.05) is 125 Å². The zero-order valence-corrected chi connectivity index (χ0v) is 38.7. The van der Waals surface area contributed by atoms with Crippen molar-refractivity contribution >= 4 is 23.1 Å². The quantitative estimate of drug-likeness (QED) is 0.0411. The lowest BCUT2D eigenvalue weighted by molar-refractivity contribution is -0.438. The number of likely N-dealkylation sites (N-methyl/N-ethyl adjacent to an activating group) is 1. The Balaban J connectivity index is 1.42. The van der Waals surface area contributed by atoms with Gasteiger partial charge in [-0.3, -0.25) is 4.79 Å². The molecule has 2 aromatic rings. The number of para-hydroxylation sites is 2. The summed E-state index contributed by atoms with van der Waals surface area (Å²) in [5, 5.41) is 9.19. The maximum Gasteiger partial charge on any atom is 0.303 e. The normalized spacial score (nSPS) is 19.2. The van der Waals surface area contributed by atoms with Gasteiger partial charge in [-0.15, -0.1) is 0 Å². The highest BCUT2D eigenvalue weighted by atomic mass is 16.6. The van der Waals surface area contributed by atoms with E-state index in [0.717, 1.165) is 38.8 Å². The predicted molar refractivity (Wildman–Crippen MR) is 250 cm³/mol. The van der Waals surface area contributed by atoms with Crippen LogP contribution in [0.4, 0.5) is 11.4 Å². The molecular weight excluding hydrogens is 801 g/mol. The molecule has 0 saturated heterocycles. The maximum absolute atomic E-state index is 11.2. The lowest BCUT2D eigenvalue weighted by Gasteiger charge is -2.30. The number of carboxylic acids is 1. The van der Waals surface area contributed by atoms with Gasteiger partial charge in [-0.1, -0.05) is 66.8 Å². The van der Waals surface area contributed by atoms with E-state index in [0.29, 0.717) is 98.9 Å². The topological polar surface area (TPSA) is 117 Å². The lowest BCUT2D eigenvalue weighted by Crippen LogP contribution is -2.33. The smallest absolute Gasteiger partial charge is 0.303 e. The number of carboxylic acid groups (broad SMARTS) is 1. The molecule has 0 saturated carbocycles. The van der Waals surface area contributed by atoms with Gasteiger partial charge in [0.1, 0.15) is 6.54 Å². The molecule has 4 rings (SSSR count). The van der Waals surface area contributed by atoms with Gasteiger partial charge in [-0.25, -0.2) is 0 Å². The number of fused-ring (bicyclic) bond motifs is 2.